The normalized spacial score (nSPS) is 17.8. The number of carbonyl (C=O) groups is 1. The highest BCUT2D eigenvalue weighted by Crippen LogP contribution is 2.26. The van der Waals surface area contributed by atoms with E-state index >= 15 is 0 Å². The third-order valence-corrected chi connectivity index (χ3v) is 4.32. The first kappa shape index (κ1) is 13.9. The molecule has 1 N–H and O–H groups in total. The van der Waals surface area contributed by atoms with Crippen LogP contribution in [0.5, 0.6) is 0 Å². The van der Waals surface area contributed by atoms with Crippen molar-refractivity contribution >= 4 is 16.9 Å². The lowest BCUT2D eigenvalue weighted by molar-refractivity contribution is 0.0790. The second-order valence-corrected chi connectivity index (χ2v) is 5.93. The van der Waals surface area contributed by atoms with Gasteiger partial charge in [-0.2, -0.15) is 0 Å². The van der Waals surface area contributed by atoms with E-state index in [2.05, 4.69) is 19.9 Å². The lowest BCUT2D eigenvalue weighted by Gasteiger charge is -2.16. The van der Waals surface area contributed by atoms with Gasteiger partial charge in [0.05, 0.1) is 17.4 Å². The molecule has 6 heteroatoms. The van der Waals surface area contributed by atoms with Crippen molar-refractivity contribution in [1.29, 1.82) is 0 Å². The zero-order chi connectivity index (χ0) is 15.8. The molecule has 1 atom stereocenters. The van der Waals surface area contributed by atoms with Crippen molar-refractivity contribution in [3.8, 4) is 0 Å². The molecule has 3 aromatic rings. The molecule has 0 unspecified atom stereocenters. The Balaban J connectivity index is 1.53. The van der Waals surface area contributed by atoms with Crippen molar-refractivity contribution in [2.75, 3.05) is 13.1 Å². The number of nitrogens with zero attached hydrogens (tertiary/aromatic N) is 4. The van der Waals surface area contributed by atoms with Gasteiger partial charge in [-0.15, -0.1) is 0 Å². The Morgan fingerprint density at radius 1 is 1.30 bits per heavy atom. The van der Waals surface area contributed by atoms with Crippen LogP contribution in [-0.2, 0) is 0 Å². The highest BCUT2D eigenvalue weighted by atomic mass is 16.2. The van der Waals surface area contributed by atoms with E-state index in [0.717, 1.165) is 35.5 Å². The molecule has 0 bridgehead atoms. The smallest absolute Gasteiger partial charge is 0.253 e. The second kappa shape index (κ2) is 5.46. The van der Waals surface area contributed by atoms with Crippen LogP contribution in [0.25, 0.3) is 11.0 Å². The van der Waals surface area contributed by atoms with E-state index in [1.165, 1.54) is 0 Å². The van der Waals surface area contributed by atoms with Gasteiger partial charge in [0.15, 0.2) is 0 Å². The highest BCUT2D eigenvalue weighted by molar-refractivity contribution is 5.97. The van der Waals surface area contributed by atoms with Gasteiger partial charge in [-0.05, 0) is 37.6 Å². The van der Waals surface area contributed by atoms with Gasteiger partial charge in [0, 0.05) is 36.5 Å². The molecular weight excluding hydrogens is 290 g/mol. The molecule has 1 aliphatic rings. The molecule has 4 rings (SSSR count). The zero-order valence-corrected chi connectivity index (χ0v) is 12.9. The quantitative estimate of drug-likeness (QED) is 0.788. The molecule has 2 aromatic heterocycles. The fourth-order valence-corrected chi connectivity index (χ4v) is 3.07. The molecule has 116 valence electrons. The van der Waals surface area contributed by atoms with Gasteiger partial charge in [0.2, 0.25) is 0 Å². The van der Waals surface area contributed by atoms with Gasteiger partial charge in [0.25, 0.3) is 5.91 Å². The summed E-state index contributed by atoms with van der Waals surface area (Å²) in [6.07, 6.45) is 4.33. The first-order valence-corrected chi connectivity index (χ1v) is 7.72. The molecule has 1 saturated heterocycles. The van der Waals surface area contributed by atoms with Crippen molar-refractivity contribution in [2.45, 2.75) is 19.3 Å². The van der Waals surface area contributed by atoms with Gasteiger partial charge in [-0.3, -0.25) is 4.79 Å². The number of likely N-dealkylation sites (tertiary alicyclic amines) is 1. The molecule has 0 aliphatic carbocycles. The van der Waals surface area contributed by atoms with Crippen molar-refractivity contribution in [1.82, 2.24) is 24.8 Å². The van der Waals surface area contributed by atoms with E-state index in [0.29, 0.717) is 12.1 Å². The summed E-state index contributed by atoms with van der Waals surface area (Å²) in [4.78, 5) is 30.7. The fourth-order valence-electron chi connectivity index (χ4n) is 3.07. The Morgan fingerprint density at radius 2 is 2.22 bits per heavy atom. The van der Waals surface area contributed by atoms with Crippen molar-refractivity contribution in [3.05, 3.63) is 53.9 Å². The summed E-state index contributed by atoms with van der Waals surface area (Å²) in [7, 11) is 0. The summed E-state index contributed by atoms with van der Waals surface area (Å²) in [6, 6.07) is 7.46. The number of amides is 1. The molecular formula is C17H17N5O. The van der Waals surface area contributed by atoms with E-state index in [4.69, 9.17) is 0 Å². The van der Waals surface area contributed by atoms with Crippen LogP contribution in [0.1, 0.15) is 34.2 Å². The number of H-pyrrole nitrogens is 1. The number of benzene rings is 1. The molecule has 1 fully saturated rings. The monoisotopic (exact) mass is 307 g/mol. The summed E-state index contributed by atoms with van der Waals surface area (Å²) >= 11 is 0. The minimum atomic E-state index is 0.0525. The second-order valence-electron chi connectivity index (χ2n) is 5.93. The number of aryl methyl sites for hydroxylation is 1. The summed E-state index contributed by atoms with van der Waals surface area (Å²) < 4.78 is 0. The minimum Gasteiger partial charge on any atom is -0.345 e. The summed E-state index contributed by atoms with van der Waals surface area (Å²) in [5.41, 5.74) is 3.40. The number of rotatable bonds is 2. The van der Waals surface area contributed by atoms with Crippen molar-refractivity contribution < 1.29 is 4.79 Å². The first-order valence-electron chi connectivity index (χ1n) is 7.72. The van der Waals surface area contributed by atoms with E-state index < -0.39 is 0 Å². The third kappa shape index (κ3) is 2.56. The van der Waals surface area contributed by atoms with Gasteiger partial charge in [-0.25, -0.2) is 15.0 Å². The highest BCUT2D eigenvalue weighted by Gasteiger charge is 2.29. The maximum Gasteiger partial charge on any atom is 0.253 e. The number of aromatic amines is 1. The standard InChI is InChI=1S/C17H17N5O/c1-11-4-6-18-16(21-11)13-5-7-22(9-13)17(23)12-2-3-14-15(8-12)20-10-19-14/h2-4,6,8,10,13H,5,7,9H2,1H3,(H,19,20)/t13-/m1/s1. The molecule has 6 nitrogen and oxygen atoms in total. The molecule has 23 heavy (non-hydrogen) atoms. The summed E-state index contributed by atoms with van der Waals surface area (Å²) in [6.45, 7) is 3.37. The third-order valence-electron chi connectivity index (χ3n) is 4.32. The van der Waals surface area contributed by atoms with Crippen LogP contribution in [0, 0.1) is 6.92 Å². The molecule has 0 spiro atoms. The average Bonchev–Trinajstić information content (AvgIpc) is 3.22. The van der Waals surface area contributed by atoms with E-state index in [1.807, 2.05) is 36.1 Å². The lowest BCUT2D eigenvalue weighted by atomic mass is 10.1. The Morgan fingerprint density at radius 3 is 3.09 bits per heavy atom. The maximum absolute atomic E-state index is 12.7. The number of hydrogen-bond donors (Lipinski definition) is 1. The van der Waals surface area contributed by atoms with Crippen molar-refractivity contribution in [2.24, 2.45) is 0 Å². The van der Waals surface area contributed by atoms with E-state index in [-0.39, 0.29) is 11.8 Å². The molecule has 1 aliphatic heterocycles. The number of nitrogens with one attached hydrogen (secondary N) is 1. The fraction of sp³-hybridized carbons (Fsp3) is 0.294. The molecule has 0 radical (unpaired) electrons. The minimum absolute atomic E-state index is 0.0525. The molecule has 0 saturated carbocycles. The number of carbonyl (C=O) groups excluding carboxylic acids is 1. The summed E-state index contributed by atoms with van der Waals surface area (Å²) in [5.74, 6) is 1.11. The van der Waals surface area contributed by atoms with Gasteiger partial charge in [-0.1, -0.05) is 0 Å². The number of imidazole rings is 1. The molecule has 1 amide bonds. The molecule has 1 aromatic carbocycles. The van der Waals surface area contributed by atoms with Crippen LogP contribution in [0.2, 0.25) is 0 Å². The van der Waals surface area contributed by atoms with Gasteiger partial charge >= 0.3 is 0 Å². The zero-order valence-electron chi connectivity index (χ0n) is 12.9. The van der Waals surface area contributed by atoms with Crippen LogP contribution in [-0.4, -0.2) is 43.8 Å². The van der Waals surface area contributed by atoms with Crippen LogP contribution in [0.3, 0.4) is 0 Å². The SMILES string of the molecule is Cc1ccnc([C@@H]2CCN(C(=O)c3ccc4nc[nH]c4c3)C2)n1. The largest absolute Gasteiger partial charge is 0.345 e. The maximum atomic E-state index is 12.7. The Kier molecular flexibility index (Phi) is 3.29. The van der Waals surface area contributed by atoms with Crippen LogP contribution < -0.4 is 0 Å². The number of hydrogen-bond acceptors (Lipinski definition) is 4. The Labute approximate surface area is 133 Å². The van der Waals surface area contributed by atoms with Crippen molar-refractivity contribution in [3.63, 3.8) is 0 Å². The first-order chi connectivity index (χ1) is 11.2. The Hall–Kier alpha value is -2.76. The molecule has 3 heterocycles. The summed E-state index contributed by atoms with van der Waals surface area (Å²) in [5, 5.41) is 0. The van der Waals surface area contributed by atoms with Crippen LogP contribution in [0.4, 0.5) is 0 Å². The predicted molar refractivity (Wildman–Crippen MR) is 86.1 cm³/mol. The topological polar surface area (TPSA) is 74.8 Å². The average molecular weight is 307 g/mol. The van der Waals surface area contributed by atoms with E-state index in [1.54, 1.807) is 12.5 Å². The van der Waals surface area contributed by atoms with E-state index in [9.17, 15) is 4.79 Å². The van der Waals surface area contributed by atoms with Crippen LogP contribution >= 0.6 is 0 Å². The van der Waals surface area contributed by atoms with Crippen LogP contribution in [0.15, 0.2) is 36.8 Å². The van der Waals surface area contributed by atoms with Gasteiger partial charge < -0.3 is 9.88 Å². The number of aromatic nitrogens is 4. The lowest BCUT2D eigenvalue weighted by Crippen LogP contribution is -2.28. The van der Waals surface area contributed by atoms with Gasteiger partial charge in [0.1, 0.15) is 5.82 Å². The predicted octanol–water partition coefficient (Wildman–Crippen LogP) is 2.29. The Bertz CT molecular complexity index is 872. The number of fused-ring (bicyclic) bond motifs is 1.